The van der Waals surface area contributed by atoms with Crippen LogP contribution in [0.25, 0.3) is 0 Å². The van der Waals surface area contributed by atoms with E-state index in [9.17, 15) is 9.59 Å². The van der Waals surface area contributed by atoms with Crippen LogP contribution in [0.4, 0.5) is 10.9 Å². The maximum Gasteiger partial charge on any atom is 0.232 e. The number of nitrogens with one attached hydrogen (secondary N) is 2. The third-order valence-corrected chi connectivity index (χ3v) is 7.05. The maximum absolute atomic E-state index is 12.4. The molecular formula is C26H29N9O2S. The molecule has 11 nitrogen and oxygen atoms in total. The fourth-order valence-electron chi connectivity index (χ4n) is 4.29. The molecule has 1 aliphatic rings. The molecule has 0 radical (unpaired) electrons. The van der Waals surface area contributed by atoms with Gasteiger partial charge in [-0.15, -0.1) is 15.3 Å². The summed E-state index contributed by atoms with van der Waals surface area (Å²) in [5.41, 5.74) is 3.57. The zero-order valence-electron chi connectivity index (χ0n) is 21.0. The molecule has 12 heteroatoms. The number of amides is 2. The molecule has 5 heterocycles. The Morgan fingerprint density at radius 1 is 0.868 bits per heavy atom. The lowest BCUT2D eigenvalue weighted by atomic mass is 10.1. The molecule has 1 aliphatic heterocycles. The lowest BCUT2D eigenvalue weighted by Gasteiger charge is -2.11. The van der Waals surface area contributed by atoms with Gasteiger partial charge in [0.2, 0.25) is 16.9 Å². The van der Waals surface area contributed by atoms with Gasteiger partial charge in [0.05, 0.1) is 24.2 Å². The molecule has 38 heavy (non-hydrogen) atoms. The average molecular weight is 532 g/mol. The number of carbonyl (C=O) groups excluding carboxylic acids is 2. The van der Waals surface area contributed by atoms with E-state index < -0.39 is 0 Å². The number of carbonyl (C=O) groups is 2. The van der Waals surface area contributed by atoms with Crippen molar-refractivity contribution in [1.82, 2.24) is 35.2 Å². The van der Waals surface area contributed by atoms with E-state index >= 15 is 0 Å². The Labute approximate surface area is 224 Å². The van der Waals surface area contributed by atoms with E-state index in [2.05, 4.69) is 41.1 Å². The van der Waals surface area contributed by atoms with Gasteiger partial charge in [0.25, 0.3) is 0 Å². The van der Waals surface area contributed by atoms with Crippen LogP contribution in [0.1, 0.15) is 53.5 Å². The zero-order valence-corrected chi connectivity index (χ0v) is 21.8. The Hall–Kier alpha value is -4.06. The highest BCUT2D eigenvalue weighted by molar-refractivity contribution is 7.15. The van der Waals surface area contributed by atoms with Crippen LogP contribution in [0.2, 0.25) is 0 Å². The highest BCUT2D eigenvalue weighted by Crippen LogP contribution is 2.18. The molecule has 196 valence electrons. The van der Waals surface area contributed by atoms with Crippen molar-refractivity contribution in [2.24, 2.45) is 0 Å². The second-order valence-corrected chi connectivity index (χ2v) is 10.3. The first kappa shape index (κ1) is 25.6. The third-order valence-electron chi connectivity index (χ3n) is 6.15. The van der Waals surface area contributed by atoms with Gasteiger partial charge in [-0.05, 0) is 68.9 Å². The molecule has 0 atom stereocenters. The van der Waals surface area contributed by atoms with Crippen molar-refractivity contribution in [3.63, 3.8) is 0 Å². The summed E-state index contributed by atoms with van der Waals surface area (Å²) in [4.78, 5) is 28.7. The molecule has 0 bridgehead atoms. The molecular weight excluding hydrogens is 502 g/mol. The van der Waals surface area contributed by atoms with Gasteiger partial charge in [0.1, 0.15) is 5.01 Å². The summed E-state index contributed by atoms with van der Waals surface area (Å²) in [7, 11) is 0. The van der Waals surface area contributed by atoms with E-state index in [1.807, 2.05) is 35.0 Å². The van der Waals surface area contributed by atoms with Crippen LogP contribution in [-0.2, 0) is 48.2 Å². The lowest BCUT2D eigenvalue weighted by Crippen LogP contribution is -2.16. The van der Waals surface area contributed by atoms with Crippen molar-refractivity contribution in [1.29, 1.82) is 0 Å². The van der Waals surface area contributed by atoms with E-state index in [1.165, 1.54) is 23.5 Å². The van der Waals surface area contributed by atoms with Crippen molar-refractivity contribution < 1.29 is 9.59 Å². The molecule has 0 unspecified atom stereocenters. The predicted octanol–water partition coefficient (Wildman–Crippen LogP) is 3.18. The highest BCUT2D eigenvalue weighted by atomic mass is 32.1. The molecule has 0 spiro atoms. The van der Waals surface area contributed by atoms with Crippen molar-refractivity contribution in [3.05, 3.63) is 70.4 Å². The van der Waals surface area contributed by atoms with Crippen molar-refractivity contribution >= 4 is 34.1 Å². The van der Waals surface area contributed by atoms with E-state index in [4.69, 9.17) is 0 Å². The molecule has 4 aromatic heterocycles. The average Bonchev–Trinajstić information content (AvgIpc) is 3.54. The summed E-state index contributed by atoms with van der Waals surface area (Å²) in [5.74, 6) is 0.131. The first-order valence-electron chi connectivity index (χ1n) is 12.8. The van der Waals surface area contributed by atoms with Crippen LogP contribution in [-0.4, -0.2) is 47.0 Å². The van der Waals surface area contributed by atoms with Gasteiger partial charge in [0.15, 0.2) is 5.82 Å². The van der Waals surface area contributed by atoms with Crippen LogP contribution in [0.3, 0.4) is 0 Å². The number of aryl methyl sites for hydroxylation is 4. The second-order valence-electron chi connectivity index (χ2n) is 9.20. The summed E-state index contributed by atoms with van der Waals surface area (Å²) in [6.07, 6.45) is 8.79. The maximum atomic E-state index is 12.4. The Morgan fingerprint density at radius 2 is 1.74 bits per heavy atom. The molecule has 0 saturated carbocycles. The topological polar surface area (TPSA) is 140 Å². The molecule has 0 aliphatic carbocycles. The second kappa shape index (κ2) is 12.5. The first-order chi connectivity index (χ1) is 18.6. The largest absolute Gasteiger partial charge is 0.309 e. The summed E-state index contributed by atoms with van der Waals surface area (Å²) >= 11 is 1.39. The van der Waals surface area contributed by atoms with Gasteiger partial charge < -0.3 is 10.6 Å². The predicted molar refractivity (Wildman–Crippen MR) is 143 cm³/mol. The first-order valence-corrected chi connectivity index (χ1v) is 13.6. The molecule has 2 amide bonds. The smallest absolute Gasteiger partial charge is 0.232 e. The van der Waals surface area contributed by atoms with Crippen LogP contribution < -0.4 is 10.6 Å². The number of rotatable bonds is 11. The fourth-order valence-corrected chi connectivity index (χ4v) is 5.09. The Bertz CT molecular complexity index is 1350. The number of hydrogen-bond donors (Lipinski definition) is 2. The van der Waals surface area contributed by atoms with Gasteiger partial charge in [0, 0.05) is 30.6 Å². The molecule has 2 N–H and O–H groups in total. The zero-order chi connectivity index (χ0) is 26.2. The standard InChI is InChI=1S/C26H29N9O2S/c36-23(17-20-15-21-9-4-6-14-35(21)34-20)28-22-12-11-18(30-31-22)7-1-2-10-25-32-33-26(38-25)29-24(37)16-19-8-3-5-13-27-19/h3,5,8,11-13,15H,1-2,4,6-7,9-10,14,16-17H2,(H,28,31,36)(H,29,33,37). The molecule has 4 aromatic rings. The number of pyridine rings is 1. The van der Waals surface area contributed by atoms with Gasteiger partial charge in [-0.1, -0.05) is 17.4 Å². The minimum Gasteiger partial charge on any atom is -0.309 e. The SMILES string of the molecule is O=C(Cc1cc2n(n1)CCCC2)Nc1ccc(CCCCc2nnc(NC(=O)Cc3ccccn3)s2)nn1. The van der Waals surface area contributed by atoms with E-state index in [0.717, 1.165) is 61.5 Å². The molecule has 0 aromatic carbocycles. The molecule has 0 saturated heterocycles. The van der Waals surface area contributed by atoms with Gasteiger partial charge >= 0.3 is 0 Å². The quantitative estimate of drug-likeness (QED) is 0.281. The van der Waals surface area contributed by atoms with Crippen LogP contribution >= 0.6 is 11.3 Å². The van der Waals surface area contributed by atoms with Crippen LogP contribution in [0.5, 0.6) is 0 Å². The summed E-state index contributed by atoms with van der Waals surface area (Å²) in [5, 5.41) is 28.1. The summed E-state index contributed by atoms with van der Waals surface area (Å²) < 4.78 is 2.01. The fraction of sp³-hybridized carbons (Fsp3) is 0.385. The summed E-state index contributed by atoms with van der Waals surface area (Å²) in [6.45, 7) is 0.928. The Morgan fingerprint density at radius 3 is 2.55 bits per heavy atom. The number of hydrogen-bond acceptors (Lipinski definition) is 9. The Kier molecular flexibility index (Phi) is 8.39. The lowest BCUT2D eigenvalue weighted by molar-refractivity contribution is -0.116. The monoisotopic (exact) mass is 531 g/mol. The molecule has 5 rings (SSSR count). The van der Waals surface area contributed by atoms with Crippen LogP contribution in [0, 0.1) is 0 Å². The van der Waals surface area contributed by atoms with E-state index in [-0.39, 0.29) is 24.7 Å². The third kappa shape index (κ3) is 7.25. The molecule has 0 fully saturated rings. The highest BCUT2D eigenvalue weighted by Gasteiger charge is 2.15. The van der Waals surface area contributed by atoms with Gasteiger partial charge in [-0.3, -0.25) is 19.3 Å². The number of fused-ring (bicyclic) bond motifs is 1. The summed E-state index contributed by atoms with van der Waals surface area (Å²) in [6, 6.07) is 11.2. The normalized spacial score (nSPS) is 12.6. The van der Waals surface area contributed by atoms with Crippen molar-refractivity contribution in [2.45, 2.75) is 64.3 Å². The minimum atomic E-state index is -0.162. The van der Waals surface area contributed by atoms with E-state index in [0.29, 0.717) is 16.6 Å². The van der Waals surface area contributed by atoms with Gasteiger partial charge in [-0.2, -0.15) is 10.2 Å². The number of unbranched alkanes of at least 4 members (excludes halogenated alkanes) is 1. The number of nitrogens with zero attached hydrogens (tertiary/aromatic N) is 7. The number of anilines is 2. The van der Waals surface area contributed by atoms with Crippen molar-refractivity contribution in [3.8, 4) is 0 Å². The Balaban J connectivity index is 1.00. The van der Waals surface area contributed by atoms with Crippen LogP contribution in [0.15, 0.2) is 42.6 Å². The van der Waals surface area contributed by atoms with E-state index in [1.54, 1.807) is 12.3 Å². The number of aromatic nitrogens is 7. The van der Waals surface area contributed by atoms with Crippen molar-refractivity contribution in [2.75, 3.05) is 10.6 Å². The minimum absolute atomic E-state index is 0.146. The van der Waals surface area contributed by atoms with Gasteiger partial charge in [-0.25, -0.2) is 0 Å².